The van der Waals surface area contributed by atoms with Crippen LogP contribution in [0.15, 0.2) is 121 Å². The molecule has 0 bridgehead atoms. The number of hydrogen-bond acceptors (Lipinski definition) is 1. The Kier molecular flexibility index (Phi) is 11.1. The maximum absolute atomic E-state index is 2.77. The van der Waals surface area contributed by atoms with Crippen LogP contribution in [0.4, 0.5) is 0 Å². The van der Waals surface area contributed by atoms with Gasteiger partial charge in [-0.25, -0.2) is 0 Å². The van der Waals surface area contributed by atoms with Gasteiger partial charge in [0.15, 0.2) is 0 Å². The van der Waals surface area contributed by atoms with Gasteiger partial charge in [0, 0.05) is 0 Å². The molecule has 0 fully saturated rings. The van der Waals surface area contributed by atoms with E-state index in [2.05, 4.69) is 140 Å². The van der Waals surface area contributed by atoms with Crippen molar-refractivity contribution in [2.24, 2.45) is 0 Å². The van der Waals surface area contributed by atoms with Crippen LogP contribution in [0.5, 0.6) is 0 Å². The second-order valence-electron chi connectivity index (χ2n) is 8.74. The van der Waals surface area contributed by atoms with Crippen molar-refractivity contribution in [3.05, 3.63) is 121 Å². The summed E-state index contributed by atoms with van der Waals surface area (Å²) >= 11 is 0. The van der Waals surface area contributed by atoms with Crippen molar-refractivity contribution in [3.63, 3.8) is 0 Å². The average molecular weight is 530 g/mol. The van der Waals surface area contributed by atoms with Crippen molar-refractivity contribution in [1.29, 1.82) is 0 Å². The SMILES string of the molecule is CCN(CC)P(CCP(c1ccccc1)c1ccccc1)CCP(c1ccccc1)c1ccccc1. The van der Waals surface area contributed by atoms with Crippen LogP contribution in [0, 0.1) is 0 Å². The standard InChI is InChI=1S/C32H38NP3/c1-3-33(4-2)34(25-27-35(29-17-9-5-10-18-29)30-19-11-6-12-20-30)26-28-36(31-21-13-7-14-22-31)32-23-15-8-16-24-32/h5-24H,3-4,25-28H2,1-2H3. The molecule has 4 aromatic rings. The number of rotatable bonds is 13. The molecule has 0 spiro atoms. The van der Waals surface area contributed by atoms with Crippen LogP contribution in [-0.4, -0.2) is 42.4 Å². The average Bonchev–Trinajstić information content (AvgIpc) is 2.96. The molecule has 0 aromatic heterocycles. The lowest BCUT2D eigenvalue weighted by atomic mass is 10.4. The van der Waals surface area contributed by atoms with E-state index in [1.165, 1.54) is 45.9 Å². The zero-order chi connectivity index (χ0) is 25.0. The minimum absolute atomic E-state index is 0.185. The number of hydrogen-bond donors (Lipinski definition) is 0. The summed E-state index contributed by atoms with van der Waals surface area (Å²) in [5.41, 5.74) is 0. The summed E-state index contributed by atoms with van der Waals surface area (Å²) in [6.07, 6.45) is 5.14. The quantitative estimate of drug-likeness (QED) is 0.169. The first-order chi connectivity index (χ1) is 17.8. The van der Waals surface area contributed by atoms with Crippen molar-refractivity contribution in [2.75, 3.05) is 37.7 Å². The fourth-order valence-corrected chi connectivity index (χ4v) is 13.5. The summed E-state index contributed by atoms with van der Waals surface area (Å²) in [5.74, 6) is 0. The van der Waals surface area contributed by atoms with Crippen LogP contribution in [0.25, 0.3) is 0 Å². The van der Waals surface area contributed by atoms with Crippen molar-refractivity contribution in [1.82, 2.24) is 4.67 Å². The van der Waals surface area contributed by atoms with Gasteiger partial charge in [-0.15, -0.1) is 0 Å². The maximum atomic E-state index is 2.77. The molecule has 0 aliphatic rings. The molecular weight excluding hydrogens is 491 g/mol. The van der Waals surface area contributed by atoms with Crippen molar-refractivity contribution in [3.8, 4) is 0 Å². The maximum Gasteiger partial charge on any atom is -0.000766 e. The van der Waals surface area contributed by atoms with Crippen molar-refractivity contribution >= 4 is 45.1 Å². The van der Waals surface area contributed by atoms with E-state index >= 15 is 0 Å². The third-order valence-corrected chi connectivity index (χ3v) is 15.1. The molecule has 186 valence electrons. The van der Waals surface area contributed by atoms with Crippen LogP contribution in [-0.2, 0) is 0 Å². The molecule has 1 nitrogen and oxygen atoms in total. The molecule has 4 rings (SSSR count). The van der Waals surface area contributed by atoms with E-state index < -0.39 is 0 Å². The molecular formula is C32H38NP3. The van der Waals surface area contributed by atoms with Gasteiger partial charge < -0.3 is 0 Å². The van der Waals surface area contributed by atoms with E-state index in [0.717, 1.165) is 13.1 Å². The minimum atomic E-state index is -0.337. The first-order valence-electron chi connectivity index (χ1n) is 13.0. The highest BCUT2D eigenvalue weighted by atomic mass is 31.1. The summed E-state index contributed by atoms with van der Waals surface area (Å²) < 4.78 is 2.77. The van der Waals surface area contributed by atoms with Gasteiger partial charge in [-0.05, 0) is 82.9 Å². The zero-order valence-electron chi connectivity index (χ0n) is 21.6. The van der Waals surface area contributed by atoms with Gasteiger partial charge in [0.25, 0.3) is 0 Å². The van der Waals surface area contributed by atoms with Crippen molar-refractivity contribution in [2.45, 2.75) is 13.8 Å². The Hall–Kier alpha value is -1.87. The molecule has 0 saturated carbocycles. The Bertz CT molecular complexity index is 953. The fraction of sp³-hybridized carbons (Fsp3) is 0.250. The van der Waals surface area contributed by atoms with Crippen LogP contribution in [0.3, 0.4) is 0 Å². The predicted molar refractivity (Wildman–Crippen MR) is 167 cm³/mol. The molecule has 0 radical (unpaired) electrons. The van der Waals surface area contributed by atoms with Crippen molar-refractivity contribution < 1.29 is 0 Å². The lowest BCUT2D eigenvalue weighted by Gasteiger charge is -2.33. The molecule has 0 unspecified atom stereocenters. The highest BCUT2D eigenvalue weighted by molar-refractivity contribution is 7.74. The summed E-state index contributed by atoms with van der Waals surface area (Å²) in [6.45, 7) is 6.97. The fourth-order valence-electron chi connectivity index (χ4n) is 4.70. The summed E-state index contributed by atoms with van der Waals surface area (Å²) in [6, 6.07) is 44.9. The number of nitrogens with zero attached hydrogens (tertiary/aromatic N) is 1. The second-order valence-corrected chi connectivity index (χ2v) is 15.9. The summed E-state index contributed by atoms with van der Waals surface area (Å²) in [7, 11) is -0.859. The first-order valence-corrected chi connectivity index (χ1v) is 17.8. The van der Waals surface area contributed by atoms with E-state index in [0.29, 0.717) is 0 Å². The molecule has 0 N–H and O–H groups in total. The van der Waals surface area contributed by atoms with Crippen LogP contribution < -0.4 is 21.2 Å². The molecule has 0 aliphatic heterocycles. The highest BCUT2D eigenvalue weighted by Gasteiger charge is 2.22. The van der Waals surface area contributed by atoms with Crippen LogP contribution >= 0.6 is 23.9 Å². The summed E-state index contributed by atoms with van der Waals surface area (Å²) in [4.78, 5) is 0. The normalized spacial score (nSPS) is 11.6. The Labute approximate surface area is 222 Å². The predicted octanol–water partition coefficient (Wildman–Crippen LogP) is 6.99. The topological polar surface area (TPSA) is 3.24 Å². The van der Waals surface area contributed by atoms with E-state index in [-0.39, 0.29) is 23.9 Å². The first kappa shape index (κ1) is 27.2. The Morgan fingerprint density at radius 1 is 0.417 bits per heavy atom. The third-order valence-electron chi connectivity index (χ3n) is 6.56. The van der Waals surface area contributed by atoms with Gasteiger partial charge in [0.2, 0.25) is 0 Å². The largest absolute Gasteiger partial charge is 0.282 e. The Morgan fingerprint density at radius 3 is 0.944 bits per heavy atom. The lowest BCUT2D eigenvalue weighted by molar-refractivity contribution is 0.506. The molecule has 0 amide bonds. The minimum Gasteiger partial charge on any atom is -0.282 e. The smallest absolute Gasteiger partial charge is 0.000766 e. The molecule has 0 heterocycles. The second kappa shape index (κ2) is 14.8. The Balaban J connectivity index is 1.54. The zero-order valence-corrected chi connectivity index (χ0v) is 24.3. The Morgan fingerprint density at radius 2 is 0.694 bits per heavy atom. The van der Waals surface area contributed by atoms with Gasteiger partial charge in [0.05, 0.1) is 0 Å². The molecule has 0 atom stereocenters. The molecule has 4 aromatic carbocycles. The highest BCUT2D eigenvalue weighted by Crippen LogP contribution is 2.47. The van der Waals surface area contributed by atoms with Gasteiger partial charge in [0.1, 0.15) is 0 Å². The van der Waals surface area contributed by atoms with E-state index in [4.69, 9.17) is 0 Å². The van der Waals surface area contributed by atoms with E-state index in [1.807, 2.05) is 0 Å². The molecule has 36 heavy (non-hydrogen) atoms. The van der Waals surface area contributed by atoms with Crippen LogP contribution in [0.2, 0.25) is 0 Å². The van der Waals surface area contributed by atoms with Gasteiger partial charge >= 0.3 is 0 Å². The van der Waals surface area contributed by atoms with Gasteiger partial charge in [-0.3, -0.25) is 4.67 Å². The van der Waals surface area contributed by atoms with Gasteiger partial charge in [-0.1, -0.05) is 135 Å². The number of benzene rings is 4. The summed E-state index contributed by atoms with van der Waals surface area (Å²) in [5, 5.41) is 6.01. The van der Waals surface area contributed by atoms with E-state index in [1.54, 1.807) is 0 Å². The molecule has 0 saturated heterocycles. The lowest BCUT2D eigenvalue weighted by Crippen LogP contribution is -2.24. The molecule has 4 heteroatoms. The monoisotopic (exact) mass is 529 g/mol. The molecule has 0 aliphatic carbocycles. The van der Waals surface area contributed by atoms with Crippen LogP contribution in [0.1, 0.15) is 13.8 Å². The third kappa shape index (κ3) is 7.57. The van der Waals surface area contributed by atoms with E-state index in [9.17, 15) is 0 Å². The van der Waals surface area contributed by atoms with Gasteiger partial charge in [-0.2, -0.15) is 0 Å².